The molecule has 4 aromatic carbocycles. The lowest BCUT2D eigenvalue weighted by Crippen LogP contribution is -2.07. The Morgan fingerprint density at radius 3 is 2.17 bits per heavy atom. The van der Waals surface area contributed by atoms with Gasteiger partial charge in [-0.15, -0.1) is 23.2 Å². The maximum Gasteiger partial charge on any atom is 1.00 e. The molecule has 0 aromatic heterocycles. The van der Waals surface area contributed by atoms with E-state index in [0.717, 1.165) is 27.7 Å². The van der Waals surface area contributed by atoms with Crippen molar-refractivity contribution >= 4 is 29.3 Å². The number of ether oxygens (including phenoxy) is 3. The lowest BCUT2D eigenvalue weighted by molar-refractivity contribution is 0.174. The van der Waals surface area contributed by atoms with Crippen molar-refractivity contribution in [3.05, 3.63) is 128 Å². The largest absolute Gasteiger partial charge is 1.00 e. The maximum absolute atomic E-state index is 5.67. The molecule has 0 fully saturated rings. The quantitative estimate of drug-likeness (QED) is 0.215. The Bertz CT molecular complexity index is 1410. The summed E-state index contributed by atoms with van der Waals surface area (Å²) in [5.74, 6) is 2.28. The summed E-state index contributed by atoms with van der Waals surface area (Å²) >= 11 is 11.3. The maximum atomic E-state index is 5.67. The molecule has 4 aromatic rings. The van der Waals surface area contributed by atoms with Gasteiger partial charge in [0.1, 0.15) is 4.84 Å². The van der Waals surface area contributed by atoms with E-state index in [2.05, 4.69) is 56.3 Å². The van der Waals surface area contributed by atoms with Gasteiger partial charge in [0.15, 0.2) is 11.5 Å². The molecule has 2 heterocycles. The first-order valence-electron chi connectivity index (χ1n) is 11.5. The minimum absolute atomic E-state index is 0. The highest BCUT2D eigenvalue weighted by molar-refractivity contribution is 6.44. The lowest BCUT2D eigenvalue weighted by atomic mass is 10.1. The molecule has 6 heteroatoms. The third-order valence-electron chi connectivity index (χ3n) is 5.40. The SMILES string of the molecule is Cc1ccc(C=c2ccc3c(c2)OC[O+]=3)cc1.Cc1ccccc1.ClC(Cl)c1ccc2c(c1)OCO2.[H+]. The summed E-state index contributed by atoms with van der Waals surface area (Å²) in [4.78, 5) is -0.514. The molecule has 6 rings (SSSR count). The van der Waals surface area contributed by atoms with Crippen LogP contribution in [0.3, 0.4) is 0 Å². The van der Waals surface area contributed by atoms with Gasteiger partial charge < -0.3 is 14.2 Å². The second-order valence-corrected chi connectivity index (χ2v) is 9.33. The van der Waals surface area contributed by atoms with E-state index in [9.17, 15) is 0 Å². The predicted molar refractivity (Wildman–Crippen MR) is 147 cm³/mol. The van der Waals surface area contributed by atoms with Crippen LogP contribution < -0.4 is 24.9 Å². The Balaban J connectivity index is 0.000000166. The lowest BCUT2D eigenvalue weighted by Gasteiger charge is -2.01. The fourth-order valence-corrected chi connectivity index (χ4v) is 3.71. The monoisotopic (exact) mass is 522 g/mol. The zero-order chi connectivity index (χ0) is 25.3. The Morgan fingerprint density at radius 2 is 1.47 bits per heavy atom. The molecule has 4 nitrogen and oxygen atoms in total. The summed E-state index contributed by atoms with van der Waals surface area (Å²) in [6.07, 6.45) is 2.13. The Hall–Kier alpha value is -3.47. The van der Waals surface area contributed by atoms with Crippen molar-refractivity contribution in [1.29, 1.82) is 0 Å². The van der Waals surface area contributed by atoms with Crippen molar-refractivity contribution in [2.24, 2.45) is 0 Å². The fraction of sp³-hybridized carbons (Fsp3) is 0.167. The van der Waals surface area contributed by atoms with E-state index in [1.807, 2.05) is 42.5 Å². The molecule has 36 heavy (non-hydrogen) atoms. The third kappa shape index (κ3) is 7.27. The number of fused-ring (bicyclic) bond motifs is 2. The van der Waals surface area contributed by atoms with Crippen molar-refractivity contribution in [1.82, 2.24) is 0 Å². The topological polar surface area (TPSA) is 39.0 Å². The first-order valence-corrected chi connectivity index (χ1v) is 12.4. The van der Waals surface area contributed by atoms with Crippen LogP contribution in [-0.2, 0) is 0 Å². The summed E-state index contributed by atoms with van der Waals surface area (Å²) < 4.78 is 20.9. The van der Waals surface area contributed by atoms with Gasteiger partial charge in [0.05, 0.1) is 0 Å². The van der Waals surface area contributed by atoms with Gasteiger partial charge in [-0.1, -0.05) is 71.8 Å². The fourth-order valence-electron chi connectivity index (χ4n) is 3.44. The Morgan fingerprint density at radius 1 is 0.750 bits per heavy atom. The van der Waals surface area contributed by atoms with E-state index < -0.39 is 4.84 Å². The smallest absolute Gasteiger partial charge is 0.454 e. The minimum atomic E-state index is -0.514. The molecule has 0 aliphatic carbocycles. The second kappa shape index (κ2) is 12.5. The second-order valence-electron chi connectivity index (χ2n) is 8.24. The standard InChI is InChI=1S/C15H13O2.C8H6Cl2O2.C7H8/c1-11-2-4-12(5-3-11)8-13-6-7-14-15(9-13)17-10-16-14;9-8(10)5-1-2-6-7(3-5)12-4-11-6;1-7-5-3-2-4-6-7/h2-9H,10H2,1H3;1-3,8H,4H2;2-6H,1H3/q+1;;/p+1. The Labute approximate surface area is 222 Å². The summed E-state index contributed by atoms with van der Waals surface area (Å²) in [6, 6.07) is 30.1. The highest BCUT2D eigenvalue weighted by Gasteiger charge is 2.15. The van der Waals surface area contributed by atoms with E-state index in [4.69, 9.17) is 41.8 Å². The van der Waals surface area contributed by atoms with Crippen molar-refractivity contribution in [3.8, 4) is 17.2 Å². The van der Waals surface area contributed by atoms with Crippen molar-refractivity contribution in [3.63, 3.8) is 0 Å². The molecule has 2 aliphatic heterocycles. The summed E-state index contributed by atoms with van der Waals surface area (Å²) in [6.45, 7) is 4.77. The molecule has 0 spiro atoms. The van der Waals surface area contributed by atoms with E-state index in [1.54, 1.807) is 12.1 Å². The minimum Gasteiger partial charge on any atom is -0.454 e. The number of rotatable bonds is 2. The van der Waals surface area contributed by atoms with Crippen molar-refractivity contribution in [2.75, 3.05) is 13.6 Å². The first kappa shape index (κ1) is 25.6. The summed E-state index contributed by atoms with van der Waals surface area (Å²) in [5.41, 5.74) is 5.43. The average Bonchev–Trinajstić information content (AvgIpc) is 3.55. The van der Waals surface area contributed by atoms with Gasteiger partial charge in [-0.05, 0) is 60.5 Å². The predicted octanol–water partition coefficient (Wildman–Crippen LogP) is 6.79. The van der Waals surface area contributed by atoms with Gasteiger partial charge in [-0.3, -0.25) is 0 Å². The normalized spacial score (nSPS) is 13.0. The van der Waals surface area contributed by atoms with Crippen LogP contribution in [0.2, 0.25) is 0 Å². The van der Waals surface area contributed by atoms with E-state index >= 15 is 0 Å². The third-order valence-corrected chi connectivity index (χ3v) is 5.90. The molecule has 0 atom stereocenters. The molecule has 0 amide bonds. The van der Waals surface area contributed by atoms with E-state index in [1.165, 1.54) is 16.7 Å². The van der Waals surface area contributed by atoms with Gasteiger partial charge in [-0.25, -0.2) is 4.42 Å². The molecule has 2 aliphatic rings. The molecule has 0 bridgehead atoms. The highest BCUT2D eigenvalue weighted by Crippen LogP contribution is 2.36. The molecule has 184 valence electrons. The van der Waals surface area contributed by atoms with Gasteiger partial charge in [-0.2, -0.15) is 0 Å². The Kier molecular flexibility index (Phi) is 8.88. The molecule has 0 N–H and O–H groups in total. The van der Waals surface area contributed by atoms with Crippen LogP contribution >= 0.6 is 23.2 Å². The number of alkyl halides is 2. The number of aryl methyl sites for hydroxylation is 2. The van der Waals surface area contributed by atoms with Crippen LogP contribution in [0.15, 0.2) is 95.4 Å². The summed E-state index contributed by atoms with van der Waals surface area (Å²) in [5, 5.41) is 1.12. The molecular formula is C30H28Cl2O4+2. The molecule has 0 saturated heterocycles. The van der Waals surface area contributed by atoms with Crippen LogP contribution in [0.1, 0.15) is 28.5 Å². The zero-order valence-electron chi connectivity index (χ0n) is 21.1. The highest BCUT2D eigenvalue weighted by atomic mass is 35.5. The molecule has 0 saturated carbocycles. The average molecular weight is 523 g/mol. The van der Waals surface area contributed by atoms with Crippen molar-refractivity contribution < 1.29 is 15.6 Å². The van der Waals surface area contributed by atoms with Crippen LogP contribution in [0.5, 0.6) is 17.2 Å². The summed E-state index contributed by atoms with van der Waals surface area (Å²) in [7, 11) is 0. The van der Waals surface area contributed by atoms with Gasteiger partial charge in [0.2, 0.25) is 12.5 Å². The van der Waals surface area contributed by atoms with Crippen LogP contribution in [0, 0.1) is 13.8 Å². The number of hydrogen-bond acceptors (Lipinski definition) is 3. The first-order chi connectivity index (χ1) is 17.5. The zero-order valence-corrected chi connectivity index (χ0v) is 21.6. The number of hydrogen-bond donors (Lipinski definition) is 0. The number of benzene rings is 4. The van der Waals surface area contributed by atoms with Gasteiger partial charge >= 0.3 is 13.6 Å². The van der Waals surface area contributed by atoms with Crippen molar-refractivity contribution in [2.45, 2.75) is 18.7 Å². The van der Waals surface area contributed by atoms with Gasteiger partial charge in [0, 0.05) is 6.07 Å². The molecule has 0 radical (unpaired) electrons. The van der Waals surface area contributed by atoms with Crippen LogP contribution in [0.4, 0.5) is 0 Å². The molecular weight excluding hydrogens is 495 g/mol. The van der Waals surface area contributed by atoms with Gasteiger partial charge in [0.25, 0.3) is 0 Å². The van der Waals surface area contributed by atoms with E-state index in [-0.39, 0.29) is 8.22 Å². The number of halogens is 2. The van der Waals surface area contributed by atoms with E-state index in [0.29, 0.717) is 12.5 Å². The van der Waals surface area contributed by atoms with Crippen LogP contribution in [0.25, 0.3) is 6.08 Å². The molecule has 0 unspecified atom stereocenters. The van der Waals surface area contributed by atoms with Crippen LogP contribution in [-0.4, -0.2) is 13.6 Å².